The van der Waals surface area contributed by atoms with Crippen LogP contribution in [0.1, 0.15) is 64.0 Å². The number of para-hydroxylation sites is 2. The van der Waals surface area contributed by atoms with Gasteiger partial charge in [-0.25, -0.2) is 4.98 Å². The molecule has 1 aromatic carbocycles. The van der Waals surface area contributed by atoms with Gasteiger partial charge in [-0.05, 0) is 43.7 Å². The number of hydrogen-bond donors (Lipinski definition) is 1. The van der Waals surface area contributed by atoms with Crippen molar-refractivity contribution in [2.75, 3.05) is 6.54 Å². The van der Waals surface area contributed by atoms with Crippen LogP contribution >= 0.6 is 0 Å². The van der Waals surface area contributed by atoms with Crippen molar-refractivity contribution >= 4 is 22.8 Å². The number of nitrogens with one attached hydrogen (secondary N) is 1. The summed E-state index contributed by atoms with van der Waals surface area (Å²) in [4.78, 5) is 33.3. The van der Waals surface area contributed by atoms with E-state index in [0.717, 1.165) is 30.3 Å². The smallest absolute Gasteiger partial charge is 0.290 e. The third-order valence-electron chi connectivity index (χ3n) is 7.11. The van der Waals surface area contributed by atoms with Crippen LogP contribution < -0.4 is 5.32 Å². The molecular formula is C23H32N4O2. The van der Waals surface area contributed by atoms with Crippen molar-refractivity contribution in [2.24, 2.45) is 11.8 Å². The Morgan fingerprint density at radius 1 is 1.28 bits per heavy atom. The van der Waals surface area contributed by atoms with Gasteiger partial charge in [0.2, 0.25) is 5.91 Å². The molecule has 1 aromatic heterocycles. The number of nitrogens with zero attached hydrogens (tertiary/aromatic N) is 3. The van der Waals surface area contributed by atoms with Crippen LogP contribution in [0.15, 0.2) is 24.3 Å². The first-order valence-corrected chi connectivity index (χ1v) is 10.9. The fourth-order valence-corrected chi connectivity index (χ4v) is 5.01. The largest absolute Gasteiger partial charge is 0.351 e. The number of rotatable bonds is 4. The number of imidazole rings is 1. The molecule has 2 aromatic rings. The first-order chi connectivity index (χ1) is 13.9. The van der Waals surface area contributed by atoms with Gasteiger partial charge < -0.3 is 14.8 Å². The van der Waals surface area contributed by atoms with Crippen LogP contribution in [0.4, 0.5) is 0 Å². The summed E-state index contributed by atoms with van der Waals surface area (Å²) in [5, 5.41) is 3.32. The van der Waals surface area contributed by atoms with E-state index in [1.165, 1.54) is 6.42 Å². The van der Waals surface area contributed by atoms with Crippen LogP contribution in [0.5, 0.6) is 0 Å². The van der Waals surface area contributed by atoms with Gasteiger partial charge in [-0.2, -0.15) is 0 Å². The molecule has 0 bridgehead atoms. The van der Waals surface area contributed by atoms with Crippen molar-refractivity contribution in [3.8, 4) is 0 Å². The van der Waals surface area contributed by atoms with Crippen LogP contribution in [0.3, 0.4) is 0 Å². The number of carbonyl (C=O) groups is 2. The van der Waals surface area contributed by atoms with E-state index < -0.39 is 5.54 Å². The Labute approximate surface area is 172 Å². The number of aromatic nitrogens is 2. The van der Waals surface area contributed by atoms with E-state index in [1.807, 2.05) is 42.7 Å². The van der Waals surface area contributed by atoms with Crippen molar-refractivity contribution in [2.45, 2.75) is 71.5 Å². The zero-order valence-corrected chi connectivity index (χ0v) is 17.9. The molecule has 0 radical (unpaired) electrons. The van der Waals surface area contributed by atoms with Crippen LogP contribution in [0.25, 0.3) is 11.0 Å². The summed E-state index contributed by atoms with van der Waals surface area (Å²) in [6.45, 7) is 9.41. The molecule has 1 saturated carbocycles. The number of benzene rings is 1. The summed E-state index contributed by atoms with van der Waals surface area (Å²) >= 11 is 0. The van der Waals surface area contributed by atoms with Crippen LogP contribution in [-0.4, -0.2) is 44.4 Å². The molecule has 2 amide bonds. The average Bonchev–Trinajstić information content (AvgIpc) is 3.07. The lowest BCUT2D eigenvalue weighted by Gasteiger charge is -2.45. The van der Waals surface area contributed by atoms with Gasteiger partial charge in [0.05, 0.1) is 17.6 Å². The molecule has 1 aliphatic carbocycles. The lowest BCUT2D eigenvalue weighted by atomic mass is 9.77. The van der Waals surface area contributed by atoms with Crippen molar-refractivity contribution in [3.63, 3.8) is 0 Å². The molecule has 0 spiro atoms. The number of fused-ring (bicyclic) bond motifs is 3. The Bertz CT molecular complexity index is 936. The number of hydrogen-bond acceptors (Lipinski definition) is 3. The Balaban J connectivity index is 1.70. The van der Waals surface area contributed by atoms with Gasteiger partial charge >= 0.3 is 0 Å². The minimum absolute atomic E-state index is 0.0475. The molecule has 156 valence electrons. The van der Waals surface area contributed by atoms with E-state index in [2.05, 4.69) is 24.1 Å². The molecule has 6 nitrogen and oxygen atoms in total. The highest BCUT2D eigenvalue weighted by atomic mass is 16.2. The zero-order valence-electron chi connectivity index (χ0n) is 17.9. The van der Waals surface area contributed by atoms with Crippen molar-refractivity contribution in [1.29, 1.82) is 0 Å². The van der Waals surface area contributed by atoms with E-state index in [1.54, 1.807) is 4.90 Å². The topological polar surface area (TPSA) is 67.2 Å². The van der Waals surface area contributed by atoms with Gasteiger partial charge in [-0.3, -0.25) is 9.59 Å². The Morgan fingerprint density at radius 2 is 2.03 bits per heavy atom. The summed E-state index contributed by atoms with van der Waals surface area (Å²) in [5.74, 6) is 1.28. The third kappa shape index (κ3) is 3.22. The van der Waals surface area contributed by atoms with Gasteiger partial charge in [0, 0.05) is 12.6 Å². The third-order valence-corrected chi connectivity index (χ3v) is 7.11. The number of carbonyl (C=O) groups excluding carboxylic acids is 2. The van der Waals surface area contributed by atoms with Gasteiger partial charge in [0.15, 0.2) is 5.82 Å². The van der Waals surface area contributed by atoms with E-state index in [4.69, 9.17) is 0 Å². The molecule has 2 aliphatic rings. The van der Waals surface area contributed by atoms with Crippen LogP contribution in [0, 0.1) is 11.8 Å². The molecule has 4 atom stereocenters. The summed E-state index contributed by atoms with van der Waals surface area (Å²) in [5.41, 5.74) is 0.779. The summed E-state index contributed by atoms with van der Waals surface area (Å²) in [7, 11) is 0. The molecule has 1 fully saturated rings. The predicted molar refractivity (Wildman–Crippen MR) is 114 cm³/mol. The van der Waals surface area contributed by atoms with Gasteiger partial charge in [0.25, 0.3) is 5.91 Å². The van der Waals surface area contributed by atoms with Gasteiger partial charge in [0.1, 0.15) is 5.54 Å². The zero-order chi connectivity index (χ0) is 20.8. The maximum Gasteiger partial charge on any atom is 0.290 e. The standard InChI is InChI=1S/C23H32N4O2/c1-5-13-27-21(28)20-24-18-10-6-7-12-19(18)26(20)14-23(27,4)22(29)25-17-11-8-9-15(2)16(17)3/h6-7,10,12,15-17H,5,8-9,11,13-14H2,1-4H3,(H,25,29)/t15-,16+,17+,23+/m0/s1. The number of amides is 2. The molecular weight excluding hydrogens is 364 g/mol. The average molecular weight is 397 g/mol. The lowest BCUT2D eigenvalue weighted by Crippen LogP contribution is -2.65. The Kier molecular flexibility index (Phi) is 5.13. The fourth-order valence-electron chi connectivity index (χ4n) is 5.01. The molecule has 2 heterocycles. The maximum absolute atomic E-state index is 13.6. The van der Waals surface area contributed by atoms with Crippen LogP contribution in [0.2, 0.25) is 0 Å². The highest BCUT2D eigenvalue weighted by Crippen LogP contribution is 2.33. The van der Waals surface area contributed by atoms with E-state index in [-0.39, 0.29) is 17.9 Å². The molecule has 4 rings (SSSR count). The molecule has 6 heteroatoms. The highest BCUT2D eigenvalue weighted by molar-refractivity contribution is 6.01. The van der Waals surface area contributed by atoms with Crippen molar-refractivity contribution in [1.82, 2.24) is 19.8 Å². The molecule has 0 unspecified atom stereocenters. The second-order valence-electron chi connectivity index (χ2n) is 9.09. The molecule has 29 heavy (non-hydrogen) atoms. The Morgan fingerprint density at radius 3 is 2.79 bits per heavy atom. The summed E-state index contributed by atoms with van der Waals surface area (Å²) in [6, 6.07) is 7.93. The first-order valence-electron chi connectivity index (χ1n) is 10.9. The van der Waals surface area contributed by atoms with Crippen molar-refractivity contribution < 1.29 is 9.59 Å². The first kappa shape index (κ1) is 19.9. The minimum Gasteiger partial charge on any atom is -0.351 e. The second-order valence-corrected chi connectivity index (χ2v) is 9.09. The minimum atomic E-state index is -0.927. The highest BCUT2D eigenvalue weighted by Gasteiger charge is 2.48. The van der Waals surface area contributed by atoms with Gasteiger partial charge in [-0.15, -0.1) is 0 Å². The fraction of sp³-hybridized carbons (Fsp3) is 0.609. The maximum atomic E-state index is 13.6. The quantitative estimate of drug-likeness (QED) is 0.859. The molecule has 0 saturated heterocycles. The van der Waals surface area contributed by atoms with Gasteiger partial charge in [-0.1, -0.05) is 45.7 Å². The molecule has 1 N–H and O–H groups in total. The Hall–Kier alpha value is -2.37. The van der Waals surface area contributed by atoms with E-state index >= 15 is 0 Å². The summed E-state index contributed by atoms with van der Waals surface area (Å²) < 4.78 is 1.93. The summed E-state index contributed by atoms with van der Waals surface area (Å²) in [6.07, 6.45) is 4.16. The normalized spacial score (nSPS) is 29.7. The molecule has 1 aliphatic heterocycles. The SMILES string of the molecule is CCCN1C(=O)c2nc3ccccc3n2C[C@]1(C)C(=O)N[C@@H]1CCC[C@H](C)[C@H]1C. The van der Waals surface area contributed by atoms with E-state index in [9.17, 15) is 9.59 Å². The van der Waals surface area contributed by atoms with Crippen LogP contribution in [-0.2, 0) is 11.3 Å². The van der Waals surface area contributed by atoms with E-state index in [0.29, 0.717) is 30.7 Å². The monoisotopic (exact) mass is 396 g/mol. The second kappa shape index (κ2) is 7.47. The predicted octanol–water partition coefficient (Wildman–Crippen LogP) is 3.60. The van der Waals surface area contributed by atoms with Crippen molar-refractivity contribution in [3.05, 3.63) is 30.1 Å². The lowest BCUT2D eigenvalue weighted by molar-refractivity contribution is -0.134.